The standard InChI is InChI=1S/C16H20N2O3/c1-16(2,10-19)18(3)15-12-9-14-13(20-6-7-21-14)8-11(12)4-5-17-15/h4-5,8-9,19H,6-7,10H2,1-3H3. The number of hydrogen-bond acceptors (Lipinski definition) is 5. The fourth-order valence-electron chi connectivity index (χ4n) is 2.35. The molecule has 3 rings (SSSR count). The SMILES string of the molecule is CN(c1nccc2cc3c(cc12)OCCO3)C(C)(C)CO. The molecule has 21 heavy (non-hydrogen) atoms. The zero-order valence-electron chi connectivity index (χ0n) is 12.6. The second-order valence-electron chi connectivity index (χ2n) is 5.88. The first-order chi connectivity index (χ1) is 10.0. The van der Waals surface area contributed by atoms with Gasteiger partial charge in [0.15, 0.2) is 11.5 Å². The van der Waals surface area contributed by atoms with E-state index in [1.54, 1.807) is 6.20 Å². The van der Waals surface area contributed by atoms with Crippen LogP contribution in [-0.4, -0.2) is 42.5 Å². The summed E-state index contributed by atoms with van der Waals surface area (Å²) >= 11 is 0. The maximum Gasteiger partial charge on any atom is 0.162 e. The normalized spacial score (nSPS) is 14.3. The summed E-state index contributed by atoms with van der Waals surface area (Å²) in [7, 11) is 1.94. The Balaban J connectivity index is 2.15. The summed E-state index contributed by atoms with van der Waals surface area (Å²) in [6.45, 7) is 5.14. The number of aliphatic hydroxyl groups is 1. The van der Waals surface area contributed by atoms with Crippen LogP contribution < -0.4 is 14.4 Å². The molecule has 0 unspecified atom stereocenters. The van der Waals surface area contributed by atoms with Gasteiger partial charge in [-0.25, -0.2) is 4.98 Å². The van der Waals surface area contributed by atoms with Gasteiger partial charge >= 0.3 is 0 Å². The van der Waals surface area contributed by atoms with E-state index in [1.165, 1.54) is 0 Å². The van der Waals surface area contributed by atoms with Crippen LogP contribution in [0.15, 0.2) is 24.4 Å². The molecule has 5 nitrogen and oxygen atoms in total. The molecule has 0 atom stereocenters. The quantitative estimate of drug-likeness (QED) is 0.938. The van der Waals surface area contributed by atoms with E-state index in [9.17, 15) is 5.11 Å². The van der Waals surface area contributed by atoms with Crippen LogP contribution in [0.4, 0.5) is 5.82 Å². The Kier molecular flexibility index (Phi) is 3.37. The molecule has 0 amide bonds. The number of likely N-dealkylation sites (N-methyl/N-ethyl adjacent to an activating group) is 1. The molecule has 112 valence electrons. The van der Waals surface area contributed by atoms with Crippen molar-refractivity contribution in [2.75, 3.05) is 31.8 Å². The van der Waals surface area contributed by atoms with E-state index in [0.29, 0.717) is 13.2 Å². The van der Waals surface area contributed by atoms with E-state index in [0.717, 1.165) is 28.1 Å². The number of fused-ring (bicyclic) bond motifs is 2. The fourth-order valence-corrected chi connectivity index (χ4v) is 2.35. The predicted octanol–water partition coefficient (Wildman–Crippen LogP) is 2.21. The highest BCUT2D eigenvalue weighted by molar-refractivity contribution is 5.94. The number of rotatable bonds is 3. The lowest BCUT2D eigenvalue weighted by Gasteiger charge is -2.35. The van der Waals surface area contributed by atoms with E-state index in [4.69, 9.17) is 9.47 Å². The van der Waals surface area contributed by atoms with Crippen molar-refractivity contribution in [3.63, 3.8) is 0 Å². The van der Waals surface area contributed by atoms with Crippen molar-refractivity contribution in [3.05, 3.63) is 24.4 Å². The number of aliphatic hydroxyl groups excluding tert-OH is 1. The number of pyridine rings is 1. The number of hydrogen-bond donors (Lipinski definition) is 1. The van der Waals surface area contributed by atoms with Crippen molar-refractivity contribution < 1.29 is 14.6 Å². The summed E-state index contributed by atoms with van der Waals surface area (Å²) in [5.41, 5.74) is -0.394. The van der Waals surface area contributed by atoms with Gasteiger partial charge in [-0.2, -0.15) is 0 Å². The Morgan fingerprint density at radius 1 is 1.24 bits per heavy atom. The number of aromatic nitrogens is 1. The topological polar surface area (TPSA) is 54.8 Å². The highest BCUT2D eigenvalue weighted by Gasteiger charge is 2.25. The van der Waals surface area contributed by atoms with Gasteiger partial charge in [0, 0.05) is 18.6 Å². The van der Waals surface area contributed by atoms with Gasteiger partial charge < -0.3 is 19.5 Å². The van der Waals surface area contributed by atoms with Crippen molar-refractivity contribution in [1.29, 1.82) is 0 Å². The Hall–Kier alpha value is -2.01. The Morgan fingerprint density at radius 2 is 1.90 bits per heavy atom. The lowest BCUT2D eigenvalue weighted by molar-refractivity contribution is 0.172. The smallest absolute Gasteiger partial charge is 0.162 e. The third-order valence-electron chi connectivity index (χ3n) is 4.02. The minimum Gasteiger partial charge on any atom is -0.486 e. The van der Waals surface area contributed by atoms with Crippen molar-refractivity contribution in [2.45, 2.75) is 19.4 Å². The Morgan fingerprint density at radius 3 is 2.57 bits per heavy atom. The summed E-state index contributed by atoms with van der Waals surface area (Å²) in [6, 6.07) is 5.90. The maximum absolute atomic E-state index is 9.58. The highest BCUT2D eigenvalue weighted by Crippen LogP contribution is 2.38. The predicted molar refractivity (Wildman–Crippen MR) is 82.3 cm³/mol. The molecule has 0 saturated heterocycles. The summed E-state index contributed by atoms with van der Waals surface area (Å²) in [5, 5.41) is 11.6. The average Bonchev–Trinajstić information content (AvgIpc) is 2.51. The van der Waals surface area contributed by atoms with Crippen LogP contribution >= 0.6 is 0 Å². The molecule has 0 bridgehead atoms. The Bertz CT molecular complexity index is 670. The molecule has 2 aromatic rings. The highest BCUT2D eigenvalue weighted by atomic mass is 16.6. The lowest BCUT2D eigenvalue weighted by Crippen LogP contribution is -2.44. The minimum absolute atomic E-state index is 0.0477. The lowest BCUT2D eigenvalue weighted by atomic mass is 10.0. The van der Waals surface area contributed by atoms with Gasteiger partial charge in [-0.1, -0.05) is 0 Å². The van der Waals surface area contributed by atoms with Crippen LogP contribution in [0.3, 0.4) is 0 Å². The monoisotopic (exact) mass is 288 g/mol. The molecule has 0 radical (unpaired) electrons. The molecule has 0 fully saturated rings. The number of nitrogens with zero attached hydrogens (tertiary/aromatic N) is 2. The molecule has 1 aliphatic heterocycles. The largest absolute Gasteiger partial charge is 0.486 e. The molecule has 2 heterocycles. The van der Waals surface area contributed by atoms with E-state index in [2.05, 4.69) is 4.98 Å². The van der Waals surface area contributed by atoms with Gasteiger partial charge in [-0.05, 0) is 37.4 Å². The summed E-state index contributed by atoms with van der Waals surface area (Å²) in [6.07, 6.45) is 1.78. The van der Waals surface area contributed by atoms with Crippen molar-refractivity contribution in [1.82, 2.24) is 4.98 Å². The van der Waals surface area contributed by atoms with Crippen LogP contribution in [0, 0.1) is 0 Å². The van der Waals surface area contributed by atoms with Crippen molar-refractivity contribution >= 4 is 16.6 Å². The molecule has 1 N–H and O–H groups in total. The van der Waals surface area contributed by atoms with Crippen LogP contribution in [0.5, 0.6) is 11.5 Å². The van der Waals surface area contributed by atoms with Crippen LogP contribution in [-0.2, 0) is 0 Å². The number of ether oxygens (including phenoxy) is 2. The van der Waals surface area contributed by atoms with Crippen LogP contribution in [0.25, 0.3) is 10.8 Å². The minimum atomic E-state index is -0.394. The van der Waals surface area contributed by atoms with Crippen LogP contribution in [0.2, 0.25) is 0 Å². The first kappa shape index (κ1) is 13.9. The van der Waals surface area contributed by atoms with E-state index in [1.807, 2.05) is 44.0 Å². The van der Waals surface area contributed by atoms with E-state index in [-0.39, 0.29) is 6.61 Å². The molecule has 0 aliphatic carbocycles. The zero-order chi connectivity index (χ0) is 15.0. The fraction of sp³-hybridized carbons (Fsp3) is 0.438. The van der Waals surface area contributed by atoms with Gasteiger partial charge in [0.05, 0.1) is 12.1 Å². The third-order valence-corrected chi connectivity index (χ3v) is 4.02. The summed E-state index contributed by atoms with van der Waals surface area (Å²) in [5.74, 6) is 2.34. The third kappa shape index (κ3) is 2.38. The van der Waals surface area contributed by atoms with Crippen molar-refractivity contribution in [2.24, 2.45) is 0 Å². The molecular formula is C16H20N2O3. The molecule has 5 heteroatoms. The van der Waals surface area contributed by atoms with E-state index < -0.39 is 5.54 Å². The summed E-state index contributed by atoms with van der Waals surface area (Å²) in [4.78, 5) is 6.48. The molecule has 1 aliphatic rings. The second kappa shape index (κ2) is 5.07. The Labute approximate surface area is 124 Å². The summed E-state index contributed by atoms with van der Waals surface area (Å²) < 4.78 is 11.3. The van der Waals surface area contributed by atoms with Gasteiger partial charge in [0.25, 0.3) is 0 Å². The molecular weight excluding hydrogens is 268 g/mol. The van der Waals surface area contributed by atoms with Gasteiger partial charge in [0.1, 0.15) is 19.0 Å². The van der Waals surface area contributed by atoms with Gasteiger partial charge in [0.2, 0.25) is 0 Å². The number of anilines is 1. The molecule has 0 spiro atoms. The van der Waals surface area contributed by atoms with Crippen molar-refractivity contribution in [3.8, 4) is 11.5 Å². The van der Waals surface area contributed by atoms with Gasteiger partial charge in [-0.15, -0.1) is 0 Å². The molecule has 0 saturated carbocycles. The molecule has 1 aromatic heterocycles. The number of benzene rings is 1. The first-order valence-corrected chi connectivity index (χ1v) is 7.06. The molecule has 1 aromatic carbocycles. The first-order valence-electron chi connectivity index (χ1n) is 7.06. The van der Waals surface area contributed by atoms with E-state index >= 15 is 0 Å². The second-order valence-corrected chi connectivity index (χ2v) is 5.88. The van der Waals surface area contributed by atoms with Crippen LogP contribution in [0.1, 0.15) is 13.8 Å². The maximum atomic E-state index is 9.58. The zero-order valence-corrected chi connectivity index (χ0v) is 12.6. The average molecular weight is 288 g/mol. The van der Waals surface area contributed by atoms with Gasteiger partial charge in [-0.3, -0.25) is 0 Å².